The summed E-state index contributed by atoms with van der Waals surface area (Å²) >= 11 is 0. The second kappa shape index (κ2) is 12.9. The fourth-order valence-electron chi connectivity index (χ4n) is 12.8. The molecule has 4 aliphatic rings. The van der Waals surface area contributed by atoms with E-state index in [-0.39, 0.29) is 33.8 Å². The molecule has 3 nitrogen and oxygen atoms in total. The van der Waals surface area contributed by atoms with E-state index in [0.29, 0.717) is 0 Å². The van der Waals surface area contributed by atoms with Gasteiger partial charge in [-0.15, -0.1) is 0 Å². The van der Waals surface area contributed by atoms with Crippen molar-refractivity contribution >= 4 is 57.4 Å². The van der Waals surface area contributed by atoms with Crippen molar-refractivity contribution in [1.82, 2.24) is 4.57 Å². The highest BCUT2D eigenvalue weighted by Crippen LogP contribution is 2.55. The van der Waals surface area contributed by atoms with Gasteiger partial charge in [0.15, 0.2) is 0 Å². The maximum absolute atomic E-state index is 2.65. The molecule has 0 atom stereocenters. The van der Waals surface area contributed by atoms with Gasteiger partial charge in [-0.3, -0.25) is 9.47 Å². The molecule has 62 heavy (non-hydrogen) atoms. The first-order valence-electron chi connectivity index (χ1n) is 22.9. The van der Waals surface area contributed by atoms with E-state index in [4.69, 9.17) is 0 Å². The number of para-hydroxylation sites is 1. The highest BCUT2D eigenvalue weighted by Gasteiger charge is 2.50. The Labute approximate surface area is 370 Å². The van der Waals surface area contributed by atoms with E-state index in [1.807, 2.05) is 0 Å². The summed E-state index contributed by atoms with van der Waals surface area (Å²) in [5, 5.41) is 0. The standard InChI is InChI=1S/C58H60BN3/c1-54(2,3)51-34-47-53(62(51)39-21-16-13-17-22-39)61(40-27-25-38(26-28-40)37-19-14-12-15-20-37)49-24-18-23-48-52(49)59(47)46-32-44-45(58(10,11)36-57(44,8)9)33-50(46)60(48)41-29-30-42-43(31-41)56(6,7)35-55(42,4)5/h12-34H,35-36H2,1-11H3. The molecule has 0 bridgehead atoms. The van der Waals surface area contributed by atoms with E-state index in [1.165, 1.54) is 89.7 Å². The second-order valence-corrected chi connectivity index (χ2v) is 22.5. The SMILES string of the molecule is CC(C)(C)c1cc2c(n1-c1ccccc1)N(c1ccc(-c3ccccc3)cc1)c1cccc3c1B2c1cc2c(cc1N3c1ccc3c(c1)C(C)(C)CC3(C)C)C(C)(C)CC2(C)C. The van der Waals surface area contributed by atoms with E-state index in [0.717, 1.165) is 18.5 Å². The van der Waals surface area contributed by atoms with E-state index < -0.39 is 0 Å². The van der Waals surface area contributed by atoms with Crippen LogP contribution < -0.4 is 26.2 Å². The average Bonchev–Trinajstić information content (AvgIpc) is 3.78. The van der Waals surface area contributed by atoms with Gasteiger partial charge in [-0.05, 0) is 145 Å². The van der Waals surface area contributed by atoms with Gasteiger partial charge < -0.3 is 4.90 Å². The number of anilines is 6. The van der Waals surface area contributed by atoms with Gasteiger partial charge in [0, 0.05) is 45.2 Å². The van der Waals surface area contributed by atoms with Crippen LogP contribution in [0, 0.1) is 0 Å². The summed E-state index contributed by atoms with van der Waals surface area (Å²) in [6.07, 6.45) is 2.27. The molecule has 4 heteroatoms. The van der Waals surface area contributed by atoms with Crippen molar-refractivity contribution in [2.75, 3.05) is 9.80 Å². The van der Waals surface area contributed by atoms with Crippen LogP contribution in [-0.4, -0.2) is 11.3 Å². The maximum Gasteiger partial charge on any atom is 0.254 e. The van der Waals surface area contributed by atoms with Gasteiger partial charge >= 0.3 is 0 Å². The van der Waals surface area contributed by atoms with E-state index in [1.54, 1.807) is 0 Å². The van der Waals surface area contributed by atoms with Crippen molar-refractivity contribution in [2.45, 2.75) is 116 Å². The van der Waals surface area contributed by atoms with Crippen molar-refractivity contribution in [1.29, 1.82) is 0 Å². The fraction of sp³-hybridized carbons (Fsp3) is 0.310. The maximum atomic E-state index is 2.65. The first-order valence-corrected chi connectivity index (χ1v) is 22.9. The van der Waals surface area contributed by atoms with Crippen molar-refractivity contribution in [3.8, 4) is 16.8 Å². The minimum absolute atomic E-state index is 0.0305. The molecule has 0 radical (unpaired) electrons. The minimum atomic E-state index is -0.135. The quantitative estimate of drug-likeness (QED) is 0.164. The van der Waals surface area contributed by atoms with Crippen LogP contribution in [0.5, 0.6) is 0 Å². The lowest BCUT2D eigenvalue weighted by atomic mass is 9.33. The Morgan fingerprint density at radius 2 is 0.968 bits per heavy atom. The number of aromatic nitrogens is 1. The van der Waals surface area contributed by atoms with Gasteiger partial charge in [0.2, 0.25) is 0 Å². The molecule has 2 aliphatic carbocycles. The number of benzene rings is 6. The lowest BCUT2D eigenvalue weighted by Crippen LogP contribution is -2.61. The van der Waals surface area contributed by atoms with Crippen LogP contribution in [0.2, 0.25) is 0 Å². The predicted octanol–water partition coefficient (Wildman–Crippen LogP) is 13.4. The first kappa shape index (κ1) is 39.1. The van der Waals surface area contributed by atoms with Crippen molar-refractivity contribution < 1.29 is 0 Å². The summed E-state index contributed by atoms with van der Waals surface area (Å²) in [6.45, 7) is 26.7. The molecule has 6 aromatic carbocycles. The topological polar surface area (TPSA) is 11.4 Å². The van der Waals surface area contributed by atoms with Crippen LogP contribution in [0.4, 0.5) is 34.3 Å². The highest BCUT2D eigenvalue weighted by atomic mass is 15.3. The predicted molar refractivity (Wildman–Crippen MR) is 265 cm³/mol. The van der Waals surface area contributed by atoms with Gasteiger partial charge in [-0.2, -0.15) is 0 Å². The van der Waals surface area contributed by atoms with E-state index >= 15 is 0 Å². The van der Waals surface area contributed by atoms with Gasteiger partial charge in [0.25, 0.3) is 6.71 Å². The molecule has 0 spiro atoms. The molecule has 7 aromatic rings. The van der Waals surface area contributed by atoms with Crippen LogP contribution in [0.3, 0.4) is 0 Å². The van der Waals surface area contributed by atoms with Crippen LogP contribution in [0.1, 0.15) is 117 Å². The Balaban J connectivity index is 1.24. The molecule has 0 saturated carbocycles. The van der Waals surface area contributed by atoms with Crippen molar-refractivity contribution in [2.24, 2.45) is 0 Å². The second-order valence-electron chi connectivity index (χ2n) is 22.5. The number of hydrogen-bond donors (Lipinski definition) is 0. The third kappa shape index (κ3) is 5.64. The van der Waals surface area contributed by atoms with Gasteiger partial charge in [0.1, 0.15) is 5.82 Å². The van der Waals surface area contributed by atoms with Crippen LogP contribution in [-0.2, 0) is 27.1 Å². The summed E-state index contributed by atoms with van der Waals surface area (Å²) < 4.78 is 2.58. The van der Waals surface area contributed by atoms with Gasteiger partial charge in [0.05, 0.1) is 0 Å². The first-order chi connectivity index (χ1) is 29.4. The molecule has 310 valence electrons. The van der Waals surface area contributed by atoms with Crippen LogP contribution in [0.25, 0.3) is 16.8 Å². The van der Waals surface area contributed by atoms with Gasteiger partial charge in [-0.1, -0.05) is 155 Å². The average molecular weight is 810 g/mol. The Morgan fingerprint density at radius 1 is 0.435 bits per heavy atom. The Bertz CT molecular complexity index is 2940. The van der Waals surface area contributed by atoms with Crippen LogP contribution in [0.15, 0.2) is 140 Å². The normalized spacial score (nSPS) is 18.2. The summed E-state index contributed by atoms with van der Waals surface area (Å²) in [6, 6.07) is 53.4. The number of rotatable bonds is 4. The molecule has 11 rings (SSSR count). The highest BCUT2D eigenvalue weighted by molar-refractivity contribution is 7.00. The number of fused-ring (bicyclic) bond motifs is 6. The molecule has 0 N–H and O–H groups in total. The monoisotopic (exact) mass is 809 g/mol. The molecule has 0 unspecified atom stereocenters. The summed E-state index contributed by atoms with van der Waals surface area (Å²) in [7, 11) is 0. The fourth-order valence-corrected chi connectivity index (χ4v) is 12.8. The van der Waals surface area contributed by atoms with Crippen molar-refractivity contribution in [3.63, 3.8) is 0 Å². The molecule has 3 heterocycles. The molecular weight excluding hydrogens is 749 g/mol. The molecule has 1 aromatic heterocycles. The Hall–Kier alpha value is -5.74. The largest absolute Gasteiger partial charge is 0.311 e. The molecule has 2 aliphatic heterocycles. The van der Waals surface area contributed by atoms with Gasteiger partial charge in [-0.25, -0.2) is 0 Å². The lowest BCUT2D eigenvalue weighted by molar-refractivity contribution is 0.403. The zero-order valence-electron chi connectivity index (χ0n) is 38.6. The number of nitrogens with zero attached hydrogens (tertiary/aromatic N) is 3. The van der Waals surface area contributed by atoms with Crippen molar-refractivity contribution in [3.05, 3.63) is 167 Å². The minimum Gasteiger partial charge on any atom is -0.311 e. The smallest absolute Gasteiger partial charge is 0.254 e. The Morgan fingerprint density at radius 3 is 1.60 bits per heavy atom. The molecule has 0 amide bonds. The summed E-state index contributed by atoms with van der Waals surface area (Å²) in [5.41, 5.74) is 21.4. The van der Waals surface area contributed by atoms with Crippen LogP contribution >= 0.6 is 0 Å². The molecule has 0 fully saturated rings. The molecular formula is C58H60BN3. The van der Waals surface area contributed by atoms with E-state index in [9.17, 15) is 0 Å². The zero-order chi connectivity index (χ0) is 43.3. The molecule has 0 saturated heterocycles. The third-order valence-corrected chi connectivity index (χ3v) is 15.0. The third-order valence-electron chi connectivity index (χ3n) is 15.0. The number of hydrogen-bond acceptors (Lipinski definition) is 2. The lowest BCUT2D eigenvalue weighted by Gasteiger charge is -2.44. The zero-order valence-corrected chi connectivity index (χ0v) is 38.6. The summed E-state index contributed by atoms with van der Waals surface area (Å²) in [4.78, 5) is 5.23. The Kier molecular flexibility index (Phi) is 8.15. The van der Waals surface area contributed by atoms with E-state index in [2.05, 4.69) is 230 Å². The summed E-state index contributed by atoms with van der Waals surface area (Å²) in [5.74, 6) is 1.23.